The van der Waals surface area contributed by atoms with Crippen LogP contribution in [0.25, 0.3) is 0 Å². The molecular formula is C11H13BrN2O. The predicted molar refractivity (Wildman–Crippen MR) is 61.6 cm³/mol. The van der Waals surface area contributed by atoms with E-state index >= 15 is 0 Å². The summed E-state index contributed by atoms with van der Waals surface area (Å²) in [6.07, 6.45) is 7.05. The van der Waals surface area contributed by atoms with Crippen molar-refractivity contribution >= 4 is 21.8 Å². The highest BCUT2D eigenvalue weighted by molar-refractivity contribution is 9.10. The number of nitrogens with one attached hydrogen (secondary N) is 1. The largest absolute Gasteiger partial charge is 0.352 e. The number of carbonyl (C=O) groups excluding carboxylic acids is 1. The molecule has 0 bridgehead atoms. The van der Waals surface area contributed by atoms with Gasteiger partial charge < -0.3 is 5.32 Å². The summed E-state index contributed by atoms with van der Waals surface area (Å²) in [6, 6.07) is 1.78. The summed E-state index contributed by atoms with van der Waals surface area (Å²) in [7, 11) is 0. The molecule has 0 aromatic carbocycles. The van der Waals surface area contributed by atoms with Gasteiger partial charge in [0.25, 0.3) is 5.91 Å². The van der Waals surface area contributed by atoms with Gasteiger partial charge in [-0.1, -0.05) is 6.42 Å². The van der Waals surface area contributed by atoms with Crippen LogP contribution in [0.1, 0.15) is 29.6 Å². The van der Waals surface area contributed by atoms with E-state index in [1.807, 2.05) is 0 Å². The van der Waals surface area contributed by atoms with Gasteiger partial charge in [-0.25, -0.2) is 0 Å². The molecule has 3 nitrogen and oxygen atoms in total. The van der Waals surface area contributed by atoms with Gasteiger partial charge in [-0.2, -0.15) is 0 Å². The molecule has 1 heterocycles. The third-order valence-electron chi connectivity index (χ3n) is 2.74. The Kier molecular flexibility index (Phi) is 3.36. The van der Waals surface area contributed by atoms with Crippen molar-refractivity contribution in [2.45, 2.75) is 19.3 Å². The highest BCUT2D eigenvalue weighted by atomic mass is 79.9. The maximum Gasteiger partial charge on any atom is 0.252 e. The molecule has 15 heavy (non-hydrogen) atoms. The molecule has 1 aliphatic rings. The number of pyridine rings is 1. The summed E-state index contributed by atoms with van der Waals surface area (Å²) in [4.78, 5) is 15.6. The van der Waals surface area contributed by atoms with Crippen molar-refractivity contribution in [3.8, 4) is 0 Å². The van der Waals surface area contributed by atoms with Crippen LogP contribution in [0.15, 0.2) is 22.9 Å². The van der Waals surface area contributed by atoms with Gasteiger partial charge in [0.2, 0.25) is 0 Å². The average molecular weight is 269 g/mol. The minimum Gasteiger partial charge on any atom is -0.352 e. The number of aromatic nitrogens is 1. The van der Waals surface area contributed by atoms with Gasteiger partial charge in [-0.05, 0) is 40.8 Å². The molecule has 2 rings (SSSR count). The van der Waals surface area contributed by atoms with Gasteiger partial charge in [0.1, 0.15) is 0 Å². The first-order chi connectivity index (χ1) is 7.25. The molecule has 0 saturated heterocycles. The monoisotopic (exact) mass is 268 g/mol. The second-order valence-corrected chi connectivity index (χ2v) is 4.81. The maximum atomic E-state index is 11.7. The van der Waals surface area contributed by atoms with Gasteiger partial charge in [-0.15, -0.1) is 0 Å². The summed E-state index contributed by atoms with van der Waals surface area (Å²) >= 11 is 3.29. The van der Waals surface area contributed by atoms with Crippen molar-refractivity contribution in [3.05, 3.63) is 28.5 Å². The Hall–Kier alpha value is -0.900. The highest BCUT2D eigenvalue weighted by Gasteiger charge is 2.18. The van der Waals surface area contributed by atoms with E-state index in [4.69, 9.17) is 0 Å². The molecule has 0 atom stereocenters. The summed E-state index contributed by atoms with van der Waals surface area (Å²) in [6.45, 7) is 0.797. The van der Waals surface area contributed by atoms with E-state index in [-0.39, 0.29) is 5.91 Å². The van der Waals surface area contributed by atoms with Crippen LogP contribution in [-0.2, 0) is 0 Å². The smallest absolute Gasteiger partial charge is 0.252 e. The minimum atomic E-state index is -0.0318. The molecule has 1 fully saturated rings. The van der Waals surface area contributed by atoms with Crippen LogP contribution < -0.4 is 5.32 Å². The third kappa shape index (κ3) is 2.78. The fourth-order valence-corrected chi connectivity index (χ4v) is 1.94. The first kappa shape index (κ1) is 10.6. The Labute approximate surface area is 97.4 Å². The Morgan fingerprint density at radius 1 is 1.53 bits per heavy atom. The number of hydrogen-bond donors (Lipinski definition) is 1. The van der Waals surface area contributed by atoms with E-state index in [0.29, 0.717) is 11.5 Å². The topological polar surface area (TPSA) is 42.0 Å². The first-order valence-corrected chi connectivity index (χ1v) is 5.94. The predicted octanol–water partition coefficient (Wildman–Crippen LogP) is 2.37. The Morgan fingerprint density at radius 3 is 2.93 bits per heavy atom. The molecule has 0 unspecified atom stereocenters. The van der Waals surface area contributed by atoms with Crippen LogP contribution >= 0.6 is 15.9 Å². The fourth-order valence-electron chi connectivity index (χ4n) is 1.57. The third-order valence-corrected chi connectivity index (χ3v) is 3.18. The number of rotatable bonds is 3. The van der Waals surface area contributed by atoms with Crippen LogP contribution in [0, 0.1) is 5.92 Å². The molecule has 1 aliphatic carbocycles. The molecule has 0 radical (unpaired) electrons. The molecule has 0 spiro atoms. The lowest BCUT2D eigenvalue weighted by Gasteiger charge is -2.25. The summed E-state index contributed by atoms with van der Waals surface area (Å²) < 4.78 is 0.832. The van der Waals surface area contributed by atoms with Crippen LogP contribution in [-0.4, -0.2) is 17.4 Å². The fraction of sp³-hybridized carbons (Fsp3) is 0.455. The quantitative estimate of drug-likeness (QED) is 0.915. The zero-order chi connectivity index (χ0) is 10.7. The van der Waals surface area contributed by atoms with Crippen molar-refractivity contribution in [1.29, 1.82) is 0 Å². The molecule has 1 N–H and O–H groups in total. The number of nitrogens with zero attached hydrogens (tertiary/aromatic N) is 1. The van der Waals surface area contributed by atoms with E-state index in [1.165, 1.54) is 19.3 Å². The van der Waals surface area contributed by atoms with Crippen molar-refractivity contribution < 1.29 is 4.79 Å². The molecule has 1 aromatic heterocycles. The lowest BCUT2D eigenvalue weighted by atomic mass is 9.85. The molecule has 0 aliphatic heterocycles. The van der Waals surface area contributed by atoms with Crippen LogP contribution in [0.2, 0.25) is 0 Å². The highest BCUT2D eigenvalue weighted by Crippen LogP contribution is 2.25. The maximum absolute atomic E-state index is 11.7. The second kappa shape index (κ2) is 4.75. The average Bonchev–Trinajstić information content (AvgIpc) is 2.15. The lowest BCUT2D eigenvalue weighted by molar-refractivity contribution is 0.0938. The van der Waals surface area contributed by atoms with Crippen LogP contribution in [0.5, 0.6) is 0 Å². The number of amides is 1. The van der Waals surface area contributed by atoms with E-state index < -0.39 is 0 Å². The summed E-state index contributed by atoms with van der Waals surface area (Å²) in [5, 5.41) is 2.93. The minimum absolute atomic E-state index is 0.0318. The van der Waals surface area contributed by atoms with E-state index in [0.717, 1.165) is 11.0 Å². The van der Waals surface area contributed by atoms with Crippen LogP contribution in [0.4, 0.5) is 0 Å². The molecule has 1 aromatic rings. The van der Waals surface area contributed by atoms with Gasteiger partial charge in [0.05, 0.1) is 5.56 Å². The standard InChI is InChI=1S/C11H13BrN2O/c12-10-4-9(6-13-7-10)11(15)14-5-8-2-1-3-8/h4,6-8H,1-3,5H2,(H,14,15). The van der Waals surface area contributed by atoms with E-state index in [2.05, 4.69) is 26.2 Å². The molecular weight excluding hydrogens is 256 g/mol. The van der Waals surface area contributed by atoms with Crippen molar-refractivity contribution in [1.82, 2.24) is 10.3 Å². The first-order valence-electron chi connectivity index (χ1n) is 5.14. The second-order valence-electron chi connectivity index (χ2n) is 3.90. The Balaban J connectivity index is 1.89. The molecule has 80 valence electrons. The molecule has 1 amide bonds. The number of halogens is 1. The molecule has 1 saturated carbocycles. The van der Waals surface area contributed by atoms with Gasteiger partial charge in [0, 0.05) is 23.4 Å². The van der Waals surface area contributed by atoms with Gasteiger partial charge in [-0.3, -0.25) is 9.78 Å². The normalized spacial score (nSPS) is 15.8. The van der Waals surface area contributed by atoms with Crippen molar-refractivity contribution in [2.24, 2.45) is 5.92 Å². The van der Waals surface area contributed by atoms with Crippen molar-refractivity contribution in [2.75, 3.05) is 6.54 Å². The summed E-state index contributed by atoms with van der Waals surface area (Å²) in [5.74, 6) is 0.657. The van der Waals surface area contributed by atoms with E-state index in [9.17, 15) is 4.79 Å². The molecule has 4 heteroatoms. The zero-order valence-corrected chi connectivity index (χ0v) is 9.96. The Morgan fingerprint density at radius 2 is 2.33 bits per heavy atom. The SMILES string of the molecule is O=C(NCC1CCC1)c1cncc(Br)c1. The Bertz CT molecular complexity index is 363. The summed E-state index contributed by atoms with van der Waals surface area (Å²) in [5.41, 5.74) is 0.615. The number of carbonyl (C=O) groups is 1. The number of hydrogen-bond acceptors (Lipinski definition) is 2. The van der Waals surface area contributed by atoms with Crippen LogP contribution in [0.3, 0.4) is 0 Å². The zero-order valence-electron chi connectivity index (χ0n) is 8.37. The lowest BCUT2D eigenvalue weighted by Crippen LogP contribution is -2.32. The van der Waals surface area contributed by atoms with Crippen molar-refractivity contribution in [3.63, 3.8) is 0 Å². The van der Waals surface area contributed by atoms with Gasteiger partial charge in [0.15, 0.2) is 0 Å². The van der Waals surface area contributed by atoms with E-state index in [1.54, 1.807) is 18.5 Å². The van der Waals surface area contributed by atoms with Gasteiger partial charge >= 0.3 is 0 Å².